The van der Waals surface area contributed by atoms with Crippen LogP contribution in [-0.2, 0) is 0 Å². The van der Waals surface area contributed by atoms with Gasteiger partial charge in [-0.15, -0.1) is 20.4 Å². The van der Waals surface area contributed by atoms with Crippen molar-refractivity contribution >= 4 is 29.0 Å². The molecule has 0 aliphatic heterocycles. The molecule has 3 heterocycles. The molecule has 0 aliphatic carbocycles. The Labute approximate surface area is 119 Å². The van der Waals surface area contributed by atoms with Gasteiger partial charge in [-0.2, -0.15) is 0 Å². The molecule has 19 heavy (non-hydrogen) atoms. The fourth-order valence-corrected chi connectivity index (χ4v) is 2.70. The molecule has 0 spiro atoms. The number of halogens is 1. The van der Waals surface area contributed by atoms with Gasteiger partial charge in [0.1, 0.15) is 5.03 Å². The molecular formula is C12H10ClN5S. The lowest BCUT2D eigenvalue weighted by Crippen LogP contribution is -1.96. The Bertz CT molecular complexity index is 755. The summed E-state index contributed by atoms with van der Waals surface area (Å²) < 4.78 is 1.91. The first-order valence-corrected chi connectivity index (χ1v) is 6.83. The summed E-state index contributed by atoms with van der Waals surface area (Å²) in [7, 11) is 0. The van der Waals surface area contributed by atoms with E-state index in [2.05, 4.69) is 20.4 Å². The maximum absolute atomic E-state index is 5.95. The monoisotopic (exact) mass is 291 g/mol. The van der Waals surface area contributed by atoms with E-state index >= 15 is 0 Å². The highest BCUT2D eigenvalue weighted by atomic mass is 35.5. The fourth-order valence-electron chi connectivity index (χ4n) is 1.63. The number of pyridine rings is 1. The summed E-state index contributed by atoms with van der Waals surface area (Å²) >= 11 is 7.38. The first-order chi connectivity index (χ1) is 9.16. The smallest absolute Gasteiger partial charge is 0.201 e. The van der Waals surface area contributed by atoms with Crippen LogP contribution in [0.15, 0.2) is 34.6 Å². The Morgan fingerprint density at radius 2 is 1.89 bits per heavy atom. The number of fused-ring (bicyclic) bond motifs is 1. The molecule has 0 saturated carbocycles. The summed E-state index contributed by atoms with van der Waals surface area (Å²) in [6.45, 7) is 3.90. The number of rotatable bonds is 2. The molecule has 0 amide bonds. The molecule has 0 radical (unpaired) electrons. The average Bonchev–Trinajstić information content (AvgIpc) is 2.83. The molecule has 0 unspecified atom stereocenters. The van der Waals surface area contributed by atoms with Crippen molar-refractivity contribution in [3.05, 3.63) is 40.7 Å². The zero-order valence-electron chi connectivity index (χ0n) is 10.3. The second kappa shape index (κ2) is 4.79. The van der Waals surface area contributed by atoms with Crippen molar-refractivity contribution in [2.24, 2.45) is 0 Å². The van der Waals surface area contributed by atoms with Crippen molar-refractivity contribution in [3.63, 3.8) is 0 Å². The molecule has 0 N–H and O–H groups in total. The lowest BCUT2D eigenvalue weighted by atomic mass is 10.2. The van der Waals surface area contributed by atoms with Crippen LogP contribution in [0.25, 0.3) is 5.65 Å². The lowest BCUT2D eigenvalue weighted by molar-refractivity contribution is 0.872. The molecule has 3 aromatic heterocycles. The van der Waals surface area contributed by atoms with Gasteiger partial charge in [-0.3, -0.25) is 4.40 Å². The third kappa shape index (κ3) is 2.17. The SMILES string of the molecule is Cc1c(Cl)nnc(Sc2nnc3ccccn23)c1C. The van der Waals surface area contributed by atoms with Gasteiger partial charge >= 0.3 is 0 Å². The first-order valence-electron chi connectivity index (χ1n) is 5.64. The highest BCUT2D eigenvalue weighted by Crippen LogP contribution is 2.29. The van der Waals surface area contributed by atoms with Gasteiger partial charge in [0.2, 0.25) is 5.16 Å². The maximum Gasteiger partial charge on any atom is 0.201 e. The van der Waals surface area contributed by atoms with Crippen molar-refractivity contribution < 1.29 is 0 Å². The Morgan fingerprint density at radius 1 is 1.05 bits per heavy atom. The molecule has 0 atom stereocenters. The normalized spacial score (nSPS) is 11.1. The van der Waals surface area contributed by atoms with Gasteiger partial charge < -0.3 is 0 Å². The Balaban J connectivity index is 2.04. The van der Waals surface area contributed by atoms with Crippen LogP contribution in [0, 0.1) is 13.8 Å². The van der Waals surface area contributed by atoms with Gasteiger partial charge in [-0.05, 0) is 48.9 Å². The van der Waals surface area contributed by atoms with Crippen molar-refractivity contribution in [3.8, 4) is 0 Å². The summed E-state index contributed by atoms with van der Waals surface area (Å²) in [5, 5.41) is 18.3. The number of hydrogen-bond donors (Lipinski definition) is 0. The number of nitrogens with zero attached hydrogens (tertiary/aromatic N) is 5. The molecule has 96 valence electrons. The van der Waals surface area contributed by atoms with E-state index < -0.39 is 0 Å². The minimum Gasteiger partial charge on any atom is -0.277 e. The summed E-state index contributed by atoms with van der Waals surface area (Å²) in [5.74, 6) is 0. The van der Waals surface area contributed by atoms with Gasteiger partial charge in [0.25, 0.3) is 0 Å². The van der Waals surface area contributed by atoms with E-state index in [4.69, 9.17) is 11.6 Å². The number of aromatic nitrogens is 5. The molecule has 0 fully saturated rings. The van der Waals surface area contributed by atoms with Crippen LogP contribution < -0.4 is 0 Å². The minimum atomic E-state index is 0.438. The molecule has 5 nitrogen and oxygen atoms in total. The third-order valence-electron chi connectivity index (χ3n) is 2.89. The minimum absolute atomic E-state index is 0.438. The van der Waals surface area contributed by atoms with E-state index in [0.717, 1.165) is 27.0 Å². The van der Waals surface area contributed by atoms with E-state index in [0.29, 0.717) is 5.15 Å². The van der Waals surface area contributed by atoms with E-state index in [1.807, 2.05) is 42.6 Å². The standard InChI is InChI=1S/C12H10ClN5S/c1-7-8(2)11(16-15-10(7)13)19-12-17-14-9-5-3-4-6-18(9)12/h3-6H,1-2H3. The Morgan fingerprint density at radius 3 is 2.74 bits per heavy atom. The van der Waals surface area contributed by atoms with E-state index in [9.17, 15) is 0 Å². The van der Waals surface area contributed by atoms with Crippen LogP contribution in [0.5, 0.6) is 0 Å². The maximum atomic E-state index is 5.95. The van der Waals surface area contributed by atoms with Gasteiger partial charge in [-0.1, -0.05) is 17.7 Å². The molecule has 0 saturated heterocycles. The molecule has 0 bridgehead atoms. The molecule has 0 aromatic carbocycles. The van der Waals surface area contributed by atoms with Crippen molar-refractivity contribution in [1.82, 2.24) is 24.8 Å². The highest BCUT2D eigenvalue weighted by molar-refractivity contribution is 7.99. The van der Waals surface area contributed by atoms with Gasteiger partial charge in [0, 0.05) is 6.20 Å². The van der Waals surface area contributed by atoms with E-state index in [1.54, 1.807) is 0 Å². The lowest BCUT2D eigenvalue weighted by Gasteiger charge is -2.06. The second-order valence-electron chi connectivity index (χ2n) is 4.06. The predicted octanol–water partition coefficient (Wildman–Crippen LogP) is 2.94. The van der Waals surface area contributed by atoms with Crippen LogP contribution in [0.4, 0.5) is 0 Å². The largest absolute Gasteiger partial charge is 0.277 e. The molecular weight excluding hydrogens is 282 g/mol. The van der Waals surface area contributed by atoms with Gasteiger partial charge in [0.05, 0.1) is 0 Å². The molecule has 3 rings (SSSR count). The van der Waals surface area contributed by atoms with Gasteiger partial charge in [0.15, 0.2) is 10.8 Å². The topological polar surface area (TPSA) is 56.0 Å². The Kier molecular flexibility index (Phi) is 3.12. The van der Waals surface area contributed by atoms with Crippen LogP contribution in [-0.4, -0.2) is 24.8 Å². The highest BCUT2D eigenvalue weighted by Gasteiger charge is 2.13. The summed E-state index contributed by atoms with van der Waals surface area (Å²) in [6.07, 6.45) is 1.92. The van der Waals surface area contributed by atoms with Crippen molar-refractivity contribution in [2.75, 3.05) is 0 Å². The zero-order valence-corrected chi connectivity index (χ0v) is 11.9. The van der Waals surface area contributed by atoms with Crippen molar-refractivity contribution in [1.29, 1.82) is 0 Å². The van der Waals surface area contributed by atoms with Crippen LogP contribution >= 0.6 is 23.4 Å². The quantitative estimate of drug-likeness (QED) is 0.726. The Hall–Kier alpha value is -1.66. The third-order valence-corrected chi connectivity index (χ3v) is 4.29. The van der Waals surface area contributed by atoms with E-state index in [1.165, 1.54) is 11.8 Å². The number of hydrogen-bond acceptors (Lipinski definition) is 5. The van der Waals surface area contributed by atoms with Crippen LogP contribution in [0.3, 0.4) is 0 Å². The van der Waals surface area contributed by atoms with Crippen LogP contribution in [0.1, 0.15) is 11.1 Å². The second-order valence-corrected chi connectivity index (χ2v) is 5.37. The summed E-state index contributed by atoms with van der Waals surface area (Å²) in [5.41, 5.74) is 2.76. The molecule has 7 heteroatoms. The van der Waals surface area contributed by atoms with E-state index in [-0.39, 0.29) is 0 Å². The summed E-state index contributed by atoms with van der Waals surface area (Å²) in [4.78, 5) is 0. The predicted molar refractivity (Wildman–Crippen MR) is 73.6 cm³/mol. The molecule has 0 aliphatic rings. The van der Waals surface area contributed by atoms with Crippen LogP contribution in [0.2, 0.25) is 5.15 Å². The fraction of sp³-hybridized carbons (Fsp3) is 0.167. The van der Waals surface area contributed by atoms with Gasteiger partial charge in [-0.25, -0.2) is 0 Å². The average molecular weight is 292 g/mol. The molecule has 3 aromatic rings. The van der Waals surface area contributed by atoms with Crippen molar-refractivity contribution in [2.45, 2.75) is 24.0 Å². The zero-order chi connectivity index (χ0) is 13.4. The summed E-state index contributed by atoms with van der Waals surface area (Å²) in [6, 6.07) is 5.77. The first kappa shape index (κ1) is 12.4.